The Morgan fingerprint density at radius 1 is 1.07 bits per heavy atom. The molecule has 0 aliphatic carbocycles. The van der Waals surface area contributed by atoms with Crippen molar-refractivity contribution in [2.24, 2.45) is 0 Å². The fourth-order valence-corrected chi connectivity index (χ4v) is 4.64. The van der Waals surface area contributed by atoms with Gasteiger partial charge in [-0.1, -0.05) is 23.7 Å². The van der Waals surface area contributed by atoms with Crippen LogP contribution in [0.15, 0.2) is 48.5 Å². The number of rotatable bonds is 7. The van der Waals surface area contributed by atoms with Gasteiger partial charge in [0.2, 0.25) is 0 Å². The second-order valence-corrected chi connectivity index (χ2v) is 10.6. The molecule has 2 heterocycles. The molecule has 0 fully saturated rings. The molecule has 4 aromatic rings. The second-order valence-electron chi connectivity index (χ2n) is 10.2. The largest absolute Gasteiger partial charge is 0.496 e. The highest BCUT2D eigenvalue weighted by Crippen LogP contribution is 2.41. The summed E-state index contributed by atoms with van der Waals surface area (Å²) >= 11 is 6.00. The maximum absolute atomic E-state index is 15.3. The molecular formula is C30H29ClFN3O5. The minimum absolute atomic E-state index is 0.0807. The minimum atomic E-state index is -1.47. The molecule has 4 rings (SSSR count). The number of fused-ring (bicyclic) bond motifs is 1. The first-order valence-electron chi connectivity index (χ1n) is 12.4. The molecule has 10 heteroatoms. The van der Waals surface area contributed by atoms with Crippen molar-refractivity contribution in [1.29, 1.82) is 0 Å². The molecule has 0 bridgehead atoms. The van der Waals surface area contributed by atoms with Crippen LogP contribution in [0.4, 0.5) is 10.2 Å². The van der Waals surface area contributed by atoms with Gasteiger partial charge in [0.15, 0.2) is 6.10 Å². The van der Waals surface area contributed by atoms with Crippen molar-refractivity contribution in [2.75, 3.05) is 12.4 Å². The molecule has 0 aliphatic heterocycles. The van der Waals surface area contributed by atoms with Crippen molar-refractivity contribution in [3.63, 3.8) is 0 Å². The van der Waals surface area contributed by atoms with Gasteiger partial charge in [-0.3, -0.25) is 4.79 Å². The standard InChI is InChI=1S/C30H29ClFN3O5/c1-15-24(18-12-11-17(31)13-20(18)32)25(26(29(37)38)40-30(3,4)5)16(2)33-27(15)35-28(36)22-14-23(39-6)19-9-7-8-10-21(19)34-22/h7-14,26H,1-6H3,(H,37,38)(H,33,35,36)/t26-/m0/s1. The van der Waals surface area contributed by atoms with Crippen molar-refractivity contribution in [2.45, 2.75) is 46.3 Å². The van der Waals surface area contributed by atoms with Crippen molar-refractivity contribution in [3.05, 3.63) is 81.9 Å². The van der Waals surface area contributed by atoms with Gasteiger partial charge in [-0.05, 0) is 70.5 Å². The van der Waals surface area contributed by atoms with Crippen LogP contribution >= 0.6 is 11.6 Å². The van der Waals surface area contributed by atoms with Gasteiger partial charge < -0.3 is 19.9 Å². The van der Waals surface area contributed by atoms with Crippen LogP contribution in [0.3, 0.4) is 0 Å². The molecule has 0 saturated carbocycles. The lowest BCUT2D eigenvalue weighted by atomic mass is 9.90. The number of aromatic nitrogens is 2. The number of aryl methyl sites for hydroxylation is 1. The number of benzene rings is 2. The summed E-state index contributed by atoms with van der Waals surface area (Å²) in [7, 11) is 1.50. The zero-order chi connectivity index (χ0) is 29.4. The molecule has 40 heavy (non-hydrogen) atoms. The Kier molecular flexibility index (Phi) is 8.09. The van der Waals surface area contributed by atoms with Gasteiger partial charge in [0.05, 0.1) is 18.2 Å². The zero-order valence-corrected chi connectivity index (χ0v) is 23.7. The summed E-state index contributed by atoms with van der Waals surface area (Å²) in [6.45, 7) is 8.38. The molecule has 0 unspecified atom stereocenters. The number of para-hydroxylation sites is 1. The fourth-order valence-electron chi connectivity index (χ4n) is 4.48. The Morgan fingerprint density at radius 2 is 1.77 bits per heavy atom. The summed E-state index contributed by atoms with van der Waals surface area (Å²) in [5, 5.41) is 13.8. The average molecular weight is 566 g/mol. The molecule has 208 valence electrons. The number of carbonyl (C=O) groups excluding carboxylic acids is 1. The van der Waals surface area contributed by atoms with Crippen molar-refractivity contribution in [1.82, 2.24) is 9.97 Å². The van der Waals surface area contributed by atoms with E-state index in [1.54, 1.807) is 46.8 Å². The van der Waals surface area contributed by atoms with Crippen LogP contribution in [-0.4, -0.2) is 39.7 Å². The monoisotopic (exact) mass is 565 g/mol. The number of carboxylic acids is 1. The van der Waals surface area contributed by atoms with Crippen LogP contribution in [0.25, 0.3) is 22.0 Å². The van der Waals surface area contributed by atoms with E-state index in [0.29, 0.717) is 16.8 Å². The van der Waals surface area contributed by atoms with Gasteiger partial charge in [-0.25, -0.2) is 19.2 Å². The van der Waals surface area contributed by atoms with E-state index < -0.39 is 29.4 Å². The number of ether oxygens (including phenoxy) is 2. The zero-order valence-electron chi connectivity index (χ0n) is 22.9. The third-order valence-corrected chi connectivity index (χ3v) is 6.43. The minimum Gasteiger partial charge on any atom is -0.496 e. The molecule has 0 spiro atoms. The number of carboxylic acid groups (broad SMARTS) is 1. The lowest BCUT2D eigenvalue weighted by molar-refractivity contribution is -0.160. The summed E-state index contributed by atoms with van der Waals surface area (Å²) < 4.78 is 26.7. The average Bonchev–Trinajstić information content (AvgIpc) is 2.88. The third kappa shape index (κ3) is 5.90. The normalized spacial score (nSPS) is 12.3. The van der Waals surface area contributed by atoms with Gasteiger partial charge >= 0.3 is 5.97 Å². The van der Waals surface area contributed by atoms with E-state index in [9.17, 15) is 14.7 Å². The van der Waals surface area contributed by atoms with Crippen molar-refractivity contribution >= 4 is 40.2 Å². The fraction of sp³-hybridized carbons (Fsp3) is 0.267. The Labute approximate surface area is 236 Å². The van der Waals surface area contributed by atoms with Crippen LogP contribution in [0.2, 0.25) is 5.02 Å². The third-order valence-electron chi connectivity index (χ3n) is 6.19. The highest BCUT2D eigenvalue weighted by molar-refractivity contribution is 6.30. The number of hydrogen-bond donors (Lipinski definition) is 2. The number of nitrogens with zero attached hydrogens (tertiary/aromatic N) is 2. The van der Waals surface area contributed by atoms with E-state index in [4.69, 9.17) is 21.1 Å². The number of methoxy groups -OCH3 is 1. The quantitative estimate of drug-likeness (QED) is 0.250. The van der Waals surface area contributed by atoms with Gasteiger partial charge in [0.1, 0.15) is 23.1 Å². The molecule has 2 aromatic heterocycles. The molecule has 0 saturated heterocycles. The maximum atomic E-state index is 15.3. The van der Waals surface area contributed by atoms with Gasteiger partial charge in [0.25, 0.3) is 5.91 Å². The van der Waals surface area contributed by atoms with Crippen molar-refractivity contribution < 1.29 is 28.6 Å². The van der Waals surface area contributed by atoms with E-state index >= 15 is 4.39 Å². The van der Waals surface area contributed by atoms with E-state index in [0.717, 1.165) is 11.5 Å². The molecular weight excluding hydrogens is 537 g/mol. The van der Waals surface area contributed by atoms with E-state index in [-0.39, 0.29) is 38.9 Å². The van der Waals surface area contributed by atoms with Gasteiger partial charge in [-0.15, -0.1) is 0 Å². The molecule has 2 aromatic carbocycles. The lowest BCUT2D eigenvalue weighted by Crippen LogP contribution is -2.29. The van der Waals surface area contributed by atoms with Crippen LogP contribution in [0.1, 0.15) is 54.2 Å². The SMILES string of the molecule is COc1cc(C(=O)Nc2nc(C)c([C@H](OC(C)(C)C)C(=O)O)c(-c3ccc(Cl)cc3F)c2C)nc2ccccc12. The summed E-state index contributed by atoms with van der Waals surface area (Å²) in [4.78, 5) is 34.8. The van der Waals surface area contributed by atoms with Gasteiger partial charge in [-0.2, -0.15) is 0 Å². The van der Waals surface area contributed by atoms with Crippen LogP contribution in [0.5, 0.6) is 5.75 Å². The Balaban J connectivity index is 1.89. The molecule has 1 amide bonds. The molecule has 0 radical (unpaired) electrons. The summed E-state index contributed by atoms with van der Waals surface area (Å²) in [6, 6.07) is 12.9. The number of pyridine rings is 2. The number of anilines is 1. The van der Waals surface area contributed by atoms with E-state index in [1.165, 1.54) is 25.3 Å². The first-order valence-corrected chi connectivity index (χ1v) is 12.8. The van der Waals surface area contributed by atoms with E-state index in [2.05, 4.69) is 15.3 Å². The van der Waals surface area contributed by atoms with Crippen molar-refractivity contribution in [3.8, 4) is 16.9 Å². The first kappa shape index (κ1) is 28.9. The Bertz CT molecular complexity index is 1630. The summed E-state index contributed by atoms with van der Waals surface area (Å²) in [6.07, 6.45) is -1.47. The number of aliphatic carboxylic acids is 1. The number of halogens is 2. The summed E-state index contributed by atoms with van der Waals surface area (Å²) in [5.74, 6) is -1.92. The van der Waals surface area contributed by atoms with Crippen LogP contribution < -0.4 is 10.1 Å². The lowest BCUT2D eigenvalue weighted by Gasteiger charge is -2.29. The Morgan fingerprint density at radius 3 is 2.40 bits per heavy atom. The number of nitrogens with one attached hydrogen (secondary N) is 1. The second kappa shape index (κ2) is 11.2. The van der Waals surface area contributed by atoms with Crippen LogP contribution in [0, 0.1) is 19.7 Å². The van der Waals surface area contributed by atoms with E-state index in [1.807, 2.05) is 12.1 Å². The number of amides is 1. The molecule has 1 atom stereocenters. The molecule has 8 nitrogen and oxygen atoms in total. The number of carbonyl (C=O) groups is 2. The predicted octanol–water partition coefficient (Wildman–Crippen LogP) is 6.91. The summed E-state index contributed by atoms with van der Waals surface area (Å²) in [5.41, 5.74) is 0.882. The highest BCUT2D eigenvalue weighted by atomic mass is 35.5. The smallest absolute Gasteiger partial charge is 0.337 e. The maximum Gasteiger partial charge on any atom is 0.337 e. The van der Waals surface area contributed by atoms with Gasteiger partial charge in [0, 0.05) is 38.9 Å². The Hall–Kier alpha value is -4.08. The molecule has 2 N–H and O–H groups in total. The highest BCUT2D eigenvalue weighted by Gasteiger charge is 2.33. The predicted molar refractivity (Wildman–Crippen MR) is 152 cm³/mol. The topological polar surface area (TPSA) is 111 Å². The number of hydrogen-bond acceptors (Lipinski definition) is 6. The molecule has 0 aliphatic rings. The van der Waals surface area contributed by atoms with Crippen LogP contribution in [-0.2, 0) is 9.53 Å². The first-order chi connectivity index (χ1) is 18.8.